The Kier molecular flexibility index (Phi) is 37.7. The van der Waals surface area contributed by atoms with E-state index in [-0.39, 0.29) is 68.1 Å². The Morgan fingerprint density at radius 1 is 0.526 bits per heavy atom. The molecule has 6 N–H and O–H groups in total. The van der Waals surface area contributed by atoms with E-state index in [1.807, 2.05) is 54.5 Å². The zero-order valence-corrected chi connectivity index (χ0v) is 65.1. The first-order chi connectivity index (χ1) is 44.8. The van der Waals surface area contributed by atoms with Crippen molar-refractivity contribution in [1.29, 1.82) is 0 Å². The number of hydrogen-bond donors (Lipinski definition) is 6. The summed E-state index contributed by atoms with van der Waals surface area (Å²) in [7, 11) is 9.93. The molecule has 0 unspecified atom stereocenters. The molecule has 1 rings (SSSR count). The average molecular weight is 1390 g/mol. The second-order valence-electron chi connectivity index (χ2n) is 29.8. The van der Waals surface area contributed by atoms with Crippen LogP contribution in [0.3, 0.4) is 0 Å². The summed E-state index contributed by atoms with van der Waals surface area (Å²) >= 11 is 1.40. The molecule has 0 aliphatic carbocycles. The highest BCUT2D eigenvalue weighted by atomic mass is 32.2. The average Bonchev–Trinajstić information content (AvgIpc) is 0.821. The molecular formula is C71H130N12O13S. The molecule has 1 heterocycles. The minimum Gasteiger partial charge on any atom is -0.390 e. The first-order valence-electron chi connectivity index (χ1n) is 35.2. The fraction of sp³-hybridized carbons (Fsp3) is 0.817. The van der Waals surface area contributed by atoms with Crippen LogP contribution in [0.2, 0.25) is 0 Å². The van der Waals surface area contributed by atoms with Gasteiger partial charge >= 0.3 is 0 Å². The van der Waals surface area contributed by atoms with E-state index >= 15 is 33.6 Å². The Morgan fingerprint density at radius 3 is 1.48 bits per heavy atom. The maximum absolute atomic E-state index is 15.5. The summed E-state index contributed by atoms with van der Waals surface area (Å²) in [6.07, 6.45) is 2.87. The Labute approximate surface area is 586 Å². The number of aliphatic hydroxyl groups excluding tert-OH is 1. The third-order valence-corrected chi connectivity index (χ3v) is 19.7. The molecule has 1 fully saturated rings. The van der Waals surface area contributed by atoms with Crippen LogP contribution in [0.1, 0.15) is 183 Å². The van der Waals surface area contributed by atoms with Crippen LogP contribution in [0.15, 0.2) is 12.2 Å². The van der Waals surface area contributed by atoms with E-state index in [4.69, 9.17) is 0 Å². The van der Waals surface area contributed by atoms with Gasteiger partial charge in [0.15, 0.2) is 0 Å². The molecule has 0 radical (unpaired) electrons. The third-order valence-electron chi connectivity index (χ3n) is 18.6. The Bertz CT molecular complexity index is 2630. The van der Waals surface area contributed by atoms with E-state index in [1.165, 1.54) is 113 Å². The predicted octanol–water partition coefficient (Wildman–Crippen LogP) is 4.61. The maximum Gasteiger partial charge on any atom is 0.246 e. The first-order valence-corrected chi connectivity index (χ1v) is 36.3. The molecule has 25 nitrogen and oxygen atoms in total. The summed E-state index contributed by atoms with van der Waals surface area (Å²) in [5.74, 6) is -9.46. The first kappa shape index (κ1) is 89.2. The number of carbonyl (C=O) groups excluding carboxylic acids is 11. The summed E-state index contributed by atoms with van der Waals surface area (Å²) in [5, 5.41) is 34.9. The fourth-order valence-electron chi connectivity index (χ4n) is 12.2. The van der Waals surface area contributed by atoms with Crippen LogP contribution >= 0.6 is 11.8 Å². The number of allylic oxidation sites excluding steroid dienone is 2. The molecule has 0 aromatic heterocycles. The van der Waals surface area contributed by atoms with Crippen molar-refractivity contribution in [1.82, 2.24) is 60.5 Å². The van der Waals surface area contributed by atoms with Crippen LogP contribution in [0.25, 0.3) is 0 Å². The molecule has 11 amide bonds. The van der Waals surface area contributed by atoms with Gasteiger partial charge in [-0.1, -0.05) is 102 Å². The molecular weight excluding hydrogens is 1260 g/mol. The van der Waals surface area contributed by atoms with Crippen molar-refractivity contribution in [2.75, 3.05) is 73.9 Å². The van der Waals surface area contributed by atoms with Crippen molar-refractivity contribution in [3.05, 3.63) is 12.2 Å². The van der Waals surface area contributed by atoms with Gasteiger partial charge in [-0.2, -0.15) is 11.8 Å². The number of likely N-dealkylation sites (N-methyl/N-ethyl adjacent to an activating group) is 7. The van der Waals surface area contributed by atoms with Gasteiger partial charge in [0.25, 0.3) is 0 Å². The highest BCUT2D eigenvalue weighted by Crippen LogP contribution is 2.27. The molecule has 0 spiro atoms. The SMILES string of the molecule is C/C=C/C[C@@H](C)[C@@H](O)[C@H]1C(=O)N[C@H](CC)C(=O)N(C)[C@H](CSCCN(CC)C(C)C)C(=O)N(C)[C@@H](CC(C)(C)O)C(=O)N[C@H](C(C)C)C(=O)N(C)[C@H](CC(C)C)C(=O)N[C@H](C)C(=O)N[C@@H](C)C(=O)N(C)[C@@H](CCC(C)C)C(=O)N(C)[C@H](CC(C)C)C(=O)N(C)[C@H](C(C)C)C(=O)N1C. The van der Waals surface area contributed by atoms with Crippen LogP contribution < -0.4 is 21.3 Å². The zero-order chi connectivity index (χ0) is 75.2. The van der Waals surface area contributed by atoms with E-state index in [1.54, 1.807) is 54.5 Å². The van der Waals surface area contributed by atoms with Crippen LogP contribution in [0.4, 0.5) is 0 Å². The Balaban J connectivity index is 4.62. The molecule has 1 aliphatic heterocycles. The lowest BCUT2D eigenvalue weighted by atomic mass is 9.91. The minimum absolute atomic E-state index is 0.0124. The second-order valence-corrected chi connectivity index (χ2v) is 31.0. The van der Waals surface area contributed by atoms with Crippen molar-refractivity contribution >= 4 is 76.7 Å². The molecule has 0 aromatic rings. The summed E-state index contributed by atoms with van der Waals surface area (Å²) in [4.78, 5) is 176. The fourth-order valence-corrected chi connectivity index (χ4v) is 13.4. The van der Waals surface area contributed by atoms with Crippen molar-refractivity contribution < 1.29 is 63.0 Å². The summed E-state index contributed by atoms with van der Waals surface area (Å²) in [5.41, 5.74) is -1.59. The van der Waals surface area contributed by atoms with E-state index in [0.717, 1.165) is 16.3 Å². The number of nitrogens with zero attached hydrogens (tertiary/aromatic N) is 8. The van der Waals surface area contributed by atoms with Gasteiger partial charge in [0.1, 0.15) is 66.5 Å². The summed E-state index contributed by atoms with van der Waals surface area (Å²) in [6.45, 7) is 36.8. The highest BCUT2D eigenvalue weighted by Gasteiger charge is 2.47. The zero-order valence-electron chi connectivity index (χ0n) is 64.3. The van der Waals surface area contributed by atoms with Crippen LogP contribution in [0.5, 0.6) is 0 Å². The molecule has 1 aliphatic rings. The molecule has 0 saturated carbocycles. The van der Waals surface area contributed by atoms with Gasteiger partial charge in [0, 0.05) is 79.8 Å². The number of carbonyl (C=O) groups is 11. The number of rotatable bonds is 23. The van der Waals surface area contributed by atoms with Crippen LogP contribution in [-0.4, -0.2) is 273 Å². The van der Waals surface area contributed by atoms with Gasteiger partial charge in [-0.25, -0.2) is 0 Å². The summed E-state index contributed by atoms with van der Waals surface area (Å²) < 4.78 is 0. The van der Waals surface area contributed by atoms with E-state index in [0.29, 0.717) is 18.7 Å². The van der Waals surface area contributed by atoms with Crippen molar-refractivity contribution in [3.63, 3.8) is 0 Å². The van der Waals surface area contributed by atoms with E-state index in [9.17, 15) is 29.4 Å². The van der Waals surface area contributed by atoms with Crippen LogP contribution in [-0.2, 0) is 52.7 Å². The second kappa shape index (κ2) is 41.0. The lowest BCUT2D eigenvalue weighted by molar-refractivity contribution is -0.157. The predicted molar refractivity (Wildman–Crippen MR) is 383 cm³/mol. The maximum atomic E-state index is 15.5. The number of hydrogen-bond acceptors (Lipinski definition) is 15. The van der Waals surface area contributed by atoms with Gasteiger partial charge < -0.3 is 70.7 Å². The molecule has 558 valence electrons. The summed E-state index contributed by atoms with van der Waals surface area (Å²) in [6, 6.07) is -14.2. The minimum atomic E-state index is -1.66. The highest BCUT2D eigenvalue weighted by molar-refractivity contribution is 7.99. The van der Waals surface area contributed by atoms with Gasteiger partial charge in [0.2, 0.25) is 65.0 Å². The van der Waals surface area contributed by atoms with Crippen molar-refractivity contribution in [3.8, 4) is 0 Å². The lowest BCUT2D eigenvalue weighted by Crippen LogP contribution is -2.64. The van der Waals surface area contributed by atoms with Gasteiger partial charge in [-0.15, -0.1) is 0 Å². The molecule has 0 aromatic carbocycles. The quantitative estimate of drug-likeness (QED) is 0.0602. The van der Waals surface area contributed by atoms with Gasteiger partial charge in [0.05, 0.1) is 11.7 Å². The van der Waals surface area contributed by atoms with Crippen molar-refractivity contribution in [2.24, 2.45) is 35.5 Å². The Morgan fingerprint density at radius 2 is 1.00 bits per heavy atom. The molecule has 1 saturated heterocycles. The topological polar surface area (TPSA) is 302 Å². The molecule has 13 atom stereocenters. The molecule has 97 heavy (non-hydrogen) atoms. The number of thioether (sulfide) groups is 1. The molecule has 0 bridgehead atoms. The van der Waals surface area contributed by atoms with Crippen molar-refractivity contribution in [2.45, 2.75) is 268 Å². The van der Waals surface area contributed by atoms with E-state index < -0.39 is 161 Å². The number of aliphatic hydroxyl groups is 2. The largest absolute Gasteiger partial charge is 0.390 e. The van der Waals surface area contributed by atoms with Gasteiger partial charge in [-0.05, 0) is 129 Å². The Hall–Kier alpha value is -5.86. The number of amides is 11. The smallest absolute Gasteiger partial charge is 0.246 e. The lowest BCUT2D eigenvalue weighted by Gasteiger charge is -2.41. The standard InChI is InChI=1S/C71H130N12O13S/c1-28-31-32-47(16)59(84)58-63(88)74-50(29-2)65(90)80(25)55(40-97-36-35-83(30-3)46(14)15)68(93)79(24)54(39-71(19,20)96)62(87)75-56(44(10)11)69(94)77(22)52(37-42(6)7)61(86)72-48(17)60(85)73-49(18)64(89)76(21)51(34-33-41(4)5)66(91)78(23)53(38-43(8)9)67(92)81(26)57(45(12)13)70(95)82(58)27/h28,31,41-59,84,96H,29-30,32-40H2,1-27H3,(H,72,86)(H,73,85)(H,74,88)(H,75,87)/b31-28+/t47-,48-,49+,50-,51+,52-,53-,54+,55-,56-,57-,58+,59-/m1/s1. The van der Waals surface area contributed by atoms with Crippen LogP contribution in [0, 0.1) is 35.5 Å². The van der Waals surface area contributed by atoms with Gasteiger partial charge in [-0.3, -0.25) is 52.7 Å². The third kappa shape index (κ3) is 26.3. The monoisotopic (exact) mass is 1390 g/mol. The number of nitrogens with one attached hydrogen (secondary N) is 4. The normalized spacial score (nSPS) is 26.1. The van der Waals surface area contributed by atoms with E-state index in [2.05, 4.69) is 40.0 Å². The molecule has 26 heteroatoms.